The van der Waals surface area contributed by atoms with E-state index in [-0.39, 0.29) is 5.91 Å². The number of hydrogen-bond donors (Lipinski definition) is 1. The summed E-state index contributed by atoms with van der Waals surface area (Å²) >= 11 is 0. The van der Waals surface area contributed by atoms with E-state index in [1.54, 1.807) is 6.26 Å². The van der Waals surface area contributed by atoms with E-state index in [1.807, 2.05) is 43.3 Å². The molecule has 23 heavy (non-hydrogen) atoms. The van der Waals surface area contributed by atoms with E-state index in [9.17, 15) is 4.79 Å². The summed E-state index contributed by atoms with van der Waals surface area (Å²) in [5.74, 6) is 1.62. The summed E-state index contributed by atoms with van der Waals surface area (Å²) in [6.45, 7) is 4.68. The molecule has 2 aromatic rings. The molecule has 2 rings (SSSR count). The van der Waals surface area contributed by atoms with Crippen LogP contribution in [-0.2, 0) is 17.6 Å². The first-order valence-corrected chi connectivity index (χ1v) is 8.28. The standard InChI is InChI=1S/C19H25NO3/c1-3-15-9-11-17(12-10-15)23-18(4-2)19(21)20-13-5-7-16-8-6-14-22-16/h6,8-12,14,18H,3-5,7,13H2,1-2H3,(H,20,21). The molecule has 0 saturated heterocycles. The summed E-state index contributed by atoms with van der Waals surface area (Å²) in [7, 11) is 0. The van der Waals surface area contributed by atoms with Crippen molar-refractivity contribution in [2.45, 2.75) is 45.6 Å². The molecule has 1 heterocycles. The third kappa shape index (κ3) is 5.47. The quantitative estimate of drug-likeness (QED) is 0.717. The number of furan rings is 1. The Labute approximate surface area is 137 Å². The average Bonchev–Trinajstić information content (AvgIpc) is 3.10. The Bertz CT molecular complexity index is 575. The fourth-order valence-corrected chi connectivity index (χ4v) is 2.33. The Balaban J connectivity index is 1.75. The lowest BCUT2D eigenvalue weighted by molar-refractivity contribution is -0.128. The minimum Gasteiger partial charge on any atom is -0.481 e. The van der Waals surface area contributed by atoms with Gasteiger partial charge in [0.2, 0.25) is 0 Å². The molecule has 1 aromatic heterocycles. The predicted molar refractivity (Wildman–Crippen MR) is 90.6 cm³/mol. The van der Waals surface area contributed by atoms with Crippen LogP contribution in [0, 0.1) is 0 Å². The number of ether oxygens (including phenoxy) is 1. The van der Waals surface area contributed by atoms with Crippen molar-refractivity contribution in [3.63, 3.8) is 0 Å². The van der Waals surface area contributed by atoms with Gasteiger partial charge < -0.3 is 14.5 Å². The van der Waals surface area contributed by atoms with Crippen LogP contribution in [0.4, 0.5) is 0 Å². The Hall–Kier alpha value is -2.23. The van der Waals surface area contributed by atoms with Crippen LogP contribution in [0.3, 0.4) is 0 Å². The van der Waals surface area contributed by atoms with E-state index in [2.05, 4.69) is 12.2 Å². The molecular formula is C19H25NO3. The molecular weight excluding hydrogens is 290 g/mol. The summed E-state index contributed by atoms with van der Waals surface area (Å²) < 4.78 is 11.1. The maximum atomic E-state index is 12.2. The highest BCUT2D eigenvalue weighted by atomic mass is 16.5. The number of benzene rings is 1. The van der Waals surface area contributed by atoms with Crippen LogP contribution in [-0.4, -0.2) is 18.6 Å². The SMILES string of the molecule is CCc1ccc(OC(CC)C(=O)NCCCc2ccco2)cc1. The molecule has 4 heteroatoms. The minimum atomic E-state index is -0.453. The smallest absolute Gasteiger partial charge is 0.261 e. The van der Waals surface area contributed by atoms with Gasteiger partial charge in [0.15, 0.2) is 6.10 Å². The molecule has 1 aromatic carbocycles. The predicted octanol–water partition coefficient (Wildman–Crippen LogP) is 3.75. The molecule has 124 valence electrons. The fourth-order valence-electron chi connectivity index (χ4n) is 2.33. The first kappa shape index (κ1) is 17.1. The first-order chi connectivity index (χ1) is 11.2. The Morgan fingerprint density at radius 1 is 1.22 bits per heavy atom. The largest absolute Gasteiger partial charge is 0.481 e. The number of aryl methyl sites for hydroxylation is 2. The van der Waals surface area contributed by atoms with Gasteiger partial charge in [0.25, 0.3) is 5.91 Å². The summed E-state index contributed by atoms with van der Waals surface area (Å²) in [6.07, 6.45) is 4.52. The van der Waals surface area contributed by atoms with Crippen LogP contribution in [0.1, 0.15) is 38.0 Å². The summed E-state index contributed by atoms with van der Waals surface area (Å²) in [5.41, 5.74) is 1.26. The maximum absolute atomic E-state index is 12.2. The molecule has 1 atom stereocenters. The monoisotopic (exact) mass is 315 g/mol. The molecule has 0 radical (unpaired) electrons. The lowest BCUT2D eigenvalue weighted by Gasteiger charge is -2.17. The molecule has 1 unspecified atom stereocenters. The van der Waals surface area contributed by atoms with Crippen LogP contribution in [0.25, 0.3) is 0 Å². The zero-order valence-electron chi connectivity index (χ0n) is 13.9. The Morgan fingerprint density at radius 2 is 2.00 bits per heavy atom. The molecule has 0 aliphatic carbocycles. The zero-order chi connectivity index (χ0) is 16.5. The van der Waals surface area contributed by atoms with E-state index >= 15 is 0 Å². The van der Waals surface area contributed by atoms with Gasteiger partial charge in [-0.1, -0.05) is 26.0 Å². The van der Waals surface area contributed by atoms with E-state index in [0.29, 0.717) is 13.0 Å². The second-order valence-electron chi connectivity index (χ2n) is 5.49. The summed E-state index contributed by atoms with van der Waals surface area (Å²) in [6, 6.07) is 11.7. The Kier molecular flexibility index (Phi) is 6.73. The highest BCUT2D eigenvalue weighted by Gasteiger charge is 2.17. The van der Waals surface area contributed by atoms with E-state index in [1.165, 1.54) is 5.56 Å². The van der Waals surface area contributed by atoms with Gasteiger partial charge in [-0.3, -0.25) is 4.79 Å². The lowest BCUT2D eigenvalue weighted by atomic mass is 10.1. The molecule has 0 aliphatic rings. The third-order valence-corrected chi connectivity index (χ3v) is 3.75. The second-order valence-corrected chi connectivity index (χ2v) is 5.49. The number of carbonyl (C=O) groups excluding carboxylic acids is 1. The topological polar surface area (TPSA) is 51.5 Å². The van der Waals surface area contributed by atoms with Crippen LogP contribution >= 0.6 is 0 Å². The van der Waals surface area contributed by atoms with Crippen molar-refractivity contribution in [2.24, 2.45) is 0 Å². The van der Waals surface area contributed by atoms with Gasteiger partial charge in [-0.15, -0.1) is 0 Å². The molecule has 0 bridgehead atoms. The van der Waals surface area contributed by atoms with Crippen molar-refractivity contribution in [1.82, 2.24) is 5.32 Å². The first-order valence-electron chi connectivity index (χ1n) is 8.28. The van der Waals surface area contributed by atoms with Crippen LogP contribution in [0.2, 0.25) is 0 Å². The van der Waals surface area contributed by atoms with Gasteiger partial charge in [0.05, 0.1) is 6.26 Å². The summed E-state index contributed by atoms with van der Waals surface area (Å²) in [4.78, 5) is 12.2. The van der Waals surface area contributed by atoms with E-state index in [0.717, 1.165) is 30.8 Å². The van der Waals surface area contributed by atoms with E-state index in [4.69, 9.17) is 9.15 Å². The average molecular weight is 315 g/mol. The van der Waals surface area contributed by atoms with Crippen LogP contribution in [0.15, 0.2) is 47.1 Å². The van der Waals surface area contributed by atoms with Gasteiger partial charge in [-0.2, -0.15) is 0 Å². The molecule has 4 nitrogen and oxygen atoms in total. The summed E-state index contributed by atoms with van der Waals surface area (Å²) in [5, 5.41) is 2.93. The van der Waals surface area contributed by atoms with Crippen molar-refractivity contribution >= 4 is 5.91 Å². The van der Waals surface area contributed by atoms with Crippen molar-refractivity contribution in [2.75, 3.05) is 6.54 Å². The maximum Gasteiger partial charge on any atom is 0.261 e. The van der Waals surface area contributed by atoms with Crippen molar-refractivity contribution in [3.8, 4) is 5.75 Å². The normalized spacial score (nSPS) is 11.9. The highest BCUT2D eigenvalue weighted by molar-refractivity contribution is 5.81. The van der Waals surface area contributed by atoms with Crippen molar-refractivity contribution < 1.29 is 13.9 Å². The number of amides is 1. The van der Waals surface area contributed by atoms with E-state index < -0.39 is 6.10 Å². The Morgan fingerprint density at radius 3 is 2.61 bits per heavy atom. The second kappa shape index (κ2) is 9.03. The van der Waals surface area contributed by atoms with Crippen molar-refractivity contribution in [3.05, 3.63) is 54.0 Å². The number of nitrogens with one attached hydrogen (secondary N) is 1. The van der Waals surface area contributed by atoms with Crippen LogP contribution in [0.5, 0.6) is 5.75 Å². The molecule has 1 amide bonds. The molecule has 0 spiro atoms. The van der Waals surface area contributed by atoms with Crippen molar-refractivity contribution in [1.29, 1.82) is 0 Å². The molecule has 0 saturated carbocycles. The molecule has 1 N–H and O–H groups in total. The lowest BCUT2D eigenvalue weighted by Crippen LogP contribution is -2.38. The minimum absolute atomic E-state index is 0.0634. The number of carbonyl (C=O) groups is 1. The number of hydrogen-bond acceptors (Lipinski definition) is 3. The fraction of sp³-hybridized carbons (Fsp3) is 0.421. The van der Waals surface area contributed by atoms with Gasteiger partial charge in [-0.25, -0.2) is 0 Å². The van der Waals surface area contributed by atoms with Gasteiger partial charge in [-0.05, 0) is 49.1 Å². The van der Waals surface area contributed by atoms with Gasteiger partial charge in [0.1, 0.15) is 11.5 Å². The molecule has 0 aliphatic heterocycles. The van der Waals surface area contributed by atoms with Gasteiger partial charge in [0, 0.05) is 13.0 Å². The van der Waals surface area contributed by atoms with Gasteiger partial charge >= 0.3 is 0 Å². The molecule has 0 fully saturated rings. The highest BCUT2D eigenvalue weighted by Crippen LogP contribution is 2.15. The van der Waals surface area contributed by atoms with Crippen LogP contribution < -0.4 is 10.1 Å². The number of rotatable bonds is 9. The third-order valence-electron chi connectivity index (χ3n) is 3.75. The zero-order valence-corrected chi connectivity index (χ0v) is 13.9.